The van der Waals surface area contributed by atoms with Crippen LogP contribution >= 0.6 is 0 Å². The molecule has 0 atom stereocenters. The number of carbonyl (C=O) groups is 1. The predicted molar refractivity (Wildman–Crippen MR) is 104 cm³/mol. The van der Waals surface area contributed by atoms with Crippen LogP contribution in [0.5, 0.6) is 0 Å². The summed E-state index contributed by atoms with van der Waals surface area (Å²) in [6.07, 6.45) is 0.291. The van der Waals surface area contributed by atoms with Gasteiger partial charge in [0.2, 0.25) is 11.3 Å². The number of carbonyl (C=O) groups excluding carboxylic acids is 1. The Balaban J connectivity index is 1.69. The molecule has 3 aromatic carbocycles. The van der Waals surface area contributed by atoms with Gasteiger partial charge >= 0.3 is 0 Å². The standard InChI is InChI=1S/C22H17NO3/c1-14-6-5-9-18-21(25)17-11-10-16(13-19(17)26-22(14)18)23-20(24)12-15-7-3-2-4-8-15/h2-11,13H,12H2,1H3,(H,23,24). The van der Waals surface area contributed by atoms with E-state index in [-0.39, 0.29) is 11.3 Å². The summed E-state index contributed by atoms with van der Waals surface area (Å²) in [6, 6.07) is 20.2. The zero-order valence-electron chi connectivity index (χ0n) is 14.3. The summed E-state index contributed by atoms with van der Waals surface area (Å²) in [5, 5.41) is 3.94. The molecule has 0 aliphatic carbocycles. The number of anilines is 1. The molecule has 1 aromatic heterocycles. The second-order valence-corrected chi connectivity index (χ2v) is 6.30. The Morgan fingerprint density at radius 1 is 0.962 bits per heavy atom. The molecule has 4 rings (SSSR count). The van der Waals surface area contributed by atoms with Gasteiger partial charge in [-0.25, -0.2) is 0 Å². The van der Waals surface area contributed by atoms with Crippen molar-refractivity contribution in [3.63, 3.8) is 0 Å². The number of nitrogens with one attached hydrogen (secondary N) is 1. The molecule has 1 N–H and O–H groups in total. The van der Waals surface area contributed by atoms with Gasteiger partial charge in [0.15, 0.2) is 0 Å². The van der Waals surface area contributed by atoms with Crippen molar-refractivity contribution in [2.75, 3.05) is 5.32 Å². The molecule has 0 saturated heterocycles. The van der Waals surface area contributed by atoms with E-state index in [1.54, 1.807) is 24.3 Å². The number of amides is 1. The zero-order chi connectivity index (χ0) is 18.1. The minimum Gasteiger partial charge on any atom is -0.455 e. The van der Waals surface area contributed by atoms with Gasteiger partial charge in [-0.2, -0.15) is 0 Å². The lowest BCUT2D eigenvalue weighted by Gasteiger charge is -2.08. The molecule has 0 bridgehead atoms. The van der Waals surface area contributed by atoms with E-state index in [9.17, 15) is 9.59 Å². The molecular weight excluding hydrogens is 326 g/mol. The normalized spacial score (nSPS) is 11.0. The van der Waals surface area contributed by atoms with Crippen molar-refractivity contribution in [1.29, 1.82) is 0 Å². The highest BCUT2D eigenvalue weighted by molar-refractivity contribution is 5.96. The monoisotopic (exact) mass is 343 g/mol. The van der Waals surface area contributed by atoms with Crippen LogP contribution in [-0.2, 0) is 11.2 Å². The summed E-state index contributed by atoms with van der Waals surface area (Å²) in [6.45, 7) is 1.91. The van der Waals surface area contributed by atoms with Gasteiger partial charge in [0, 0.05) is 11.8 Å². The number of para-hydroxylation sites is 1. The average Bonchev–Trinajstić information content (AvgIpc) is 2.63. The van der Waals surface area contributed by atoms with Crippen LogP contribution in [0.2, 0.25) is 0 Å². The first-order chi connectivity index (χ1) is 12.6. The first kappa shape index (κ1) is 16.1. The molecular formula is C22H17NO3. The SMILES string of the molecule is Cc1cccc2c(=O)c3ccc(NC(=O)Cc4ccccc4)cc3oc12. The molecule has 4 heteroatoms. The number of fused-ring (bicyclic) bond motifs is 2. The second kappa shape index (κ2) is 6.48. The van der Waals surface area contributed by atoms with Crippen molar-refractivity contribution in [2.45, 2.75) is 13.3 Å². The maximum absolute atomic E-state index is 12.7. The lowest BCUT2D eigenvalue weighted by Crippen LogP contribution is -2.14. The molecule has 0 fully saturated rings. The largest absolute Gasteiger partial charge is 0.455 e. The van der Waals surface area contributed by atoms with Gasteiger partial charge < -0.3 is 9.73 Å². The Morgan fingerprint density at radius 3 is 2.58 bits per heavy atom. The fourth-order valence-corrected chi connectivity index (χ4v) is 3.08. The molecule has 4 nitrogen and oxygen atoms in total. The van der Waals surface area contributed by atoms with Crippen molar-refractivity contribution < 1.29 is 9.21 Å². The highest BCUT2D eigenvalue weighted by atomic mass is 16.3. The van der Waals surface area contributed by atoms with Gasteiger partial charge in [-0.1, -0.05) is 42.5 Å². The third-order valence-electron chi connectivity index (χ3n) is 4.39. The smallest absolute Gasteiger partial charge is 0.228 e. The highest BCUT2D eigenvalue weighted by Gasteiger charge is 2.11. The molecule has 128 valence electrons. The summed E-state index contributed by atoms with van der Waals surface area (Å²) in [7, 11) is 0. The van der Waals surface area contributed by atoms with E-state index in [2.05, 4.69) is 5.32 Å². The van der Waals surface area contributed by atoms with Crippen molar-refractivity contribution in [3.8, 4) is 0 Å². The Labute approximate surface area is 150 Å². The highest BCUT2D eigenvalue weighted by Crippen LogP contribution is 2.23. The van der Waals surface area contributed by atoms with Gasteiger partial charge in [-0.05, 0) is 36.2 Å². The maximum Gasteiger partial charge on any atom is 0.228 e. The lowest BCUT2D eigenvalue weighted by molar-refractivity contribution is -0.115. The molecule has 1 heterocycles. The van der Waals surface area contributed by atoms with Crippen LogP contribution in [0.3, 0.4) is 0 Å². The minimum absolute atomic E-state index is 0.0629. The van der Waals surface area contributed by atoms with Crippen LogP contribution in [0.25, 0.3) is 21.9 Å². The Kier molecular flexibility index (Phi) is 4.01. The summed E-state index contributed by atoms with van der Waals surface area (Å²) >= 11 is 0. The predicted octanol–water partition coefficient (Wildman–Crippen LogP) is 4.44. The molecule has 4 aromatic rings. The van der Waals surface area contributed by atoms with Crippen LogP contribution in [0.15, 0.2) is 75.9 Å². The van der Waals surface area contributed by atoms with Crippen LogP contribution in [0.1, 0.15) is 11.1 Å². The van der Waals surface area contributed by atoms with Gasteiger partial charge in [0.25, 0.3) is 0 Å². The quantitative estimate of drug-likeness (QED) is 0.560. The molecule has 0 aliphatic heterocycles. The van der Waals surface area contributed by atoms with E-state index in [0.29, 0.717) is 34.0 Å². The van der Waals surface area contributed by atoms with Crippen molar-refractivity contribution in [3.05, 3.63) is 88.1 Å². The molecule has 0 unspecified atom stereocenters. The fraction of sp³-hybridized carbons (Fsp3) is 0.0909. The van der Waals surface area contributed by atoms with Gasteiger partial charge in [0.05, 0.1) is 17.2 Å². The molecule has 0 radical (unpaired) electrons. The summed E-state index contributed by atoms with van der Waals surface area (Å²) in [5.74, 6) is -0.116. The summed E-state index contributed by atoms with van der Waals surface area (Å²) < 4.78 is 5.95. The van der Waals surface area contributed by atoms with Crippen LogP contribution in [0, 0.1) is 6.92 Å². The Morgan fingerprint density at radius 2 is 1.77 bits per heavy atom. The molecule has 0 spiro atoms. The van der Waals surface area contributed by atoms with E-state index in [4.69, 9.17) is 4.42 Å². The van der Waals surface area contributed by atoms with Crippen LogP contribution in [-0.4, -0.2) is 5.91 Å². The van der Waals surface area contributed by atoms with Gasteiger partial charge in [0.1, 0.15) is 11.2 Å². The van der Waals surface area contributed by atoms with E-state index in [1.807, 2.05) is 49.4 Å². The van der Waals surface area contributed by atoms with E-state index in [1.165, 1.54) is 0 Å². The lowest BCUT2D eigenvalue weighted by atomic mass is 10.1. The van der Waals surface area contributed by atoms with Crippen molar-refractivity contribution >= 4 is 33.5 Å². The van der Waals surface area contributed by atoms with E-state index < -0.39 is 0 Å². The fourth-order valence-electron chi connectivity index (χ4n) is 3.08. The van der Waals surface area contributed by atoms with E-state index >= 15 is 0 Å². The number of benzene rings is 3. The third-order valence-corrected chi connectivity index (χ3v) is 4.39. The van der Waals surface area contributed by atoms with Crippen LogP contribution < -0.4 is 10.7 Å². The summed E-state index contributed by atoms with van der Waals surface area (Å²) in [4.78, 5) is 24.9. The average molecular weight is 343 g/mol. The topological polar surface area (TPSA) is 59.3 Å². The summed E-state index contributed by atoms with van der Waals surface area (Å²) in [5.41, 5.74) is 3.44. The first-order valence-corrected chi connectivity index (χ1v) is 8.42. The van der Waals surface area contributed by atoms with Crippen molar-refractivity contribution in [2.24, 2.45) is 0 Å². The first-order valence-electron chi connectivity index (χ1n) is 8.42. The number of hydrogen-bond donors (Lipinski definition) is 1. The van der Waals surface area contributed by atoms with Gasteiger partial charge in [-0.3, -0.25) is 9.59 Å². The Bertz CT molecular complexity index is 1180. The van der Waals surface area contributed by atoms with E-state index in [0.717, 1.165) is 11.1 Å². The second-order valence-electron chi connectivity index (χ2n) is 6.30. The minimum atomic E-state index is -0.116. The molecule has 1 amide bonds. The molecule has 26 heavy (non-hydrogen) atoms. The molecule has 0 saturated carbocycles. The molecule has 0 aliphatic rings. The number of rotatable bonds is 3. The third kappa shape index (κ3) is 2.97. The van der Waals surface area contributed by atoms with Crippen molar-refractivity contribution in [1.82, 2.24) is 0 Å². The maximum atomic E-state index is 12.7. The number of aryl methyl sites for hydroxylation is 1. The van der Waals surface area contributed by atoms with Crippen LogP contribution in [0.4, 0.5) is 5.69 Å². The number of hydrogen-bond acceptors (Lipinski definition) is 3. The zero-order valence-corrected chi connectivity index (χ0v) is 14.3. The Hall–Kier alpha value is -3.40. The van der Waals surface area contributed by atoms with Gasteiger partial charge in [-0.15, -0.1) is 0 Å².